The molecule has 1 aromatic carbocycles. The number of nitrogens with zero attached hydrogens (tertiary/aromatic N) is 1. The van der Waals surface area contributed by atoms with Crippen molar-refractivity contribution < 1.29 is 0 Å². The zero-order valence-corrected chi connectivity index (χ0v) is 12.4. The van der Waals surface area contributed by atoms with E-state index >= 15 is 0 Å². The van der Waals surface area contributed by atoms with Crippen molar-refractivity contribution in [1.29, 1.82) is 5.41 Å². The van der Waals surface area contributed by atoms with Crippen LogP contribution in [0.4, 0.5) is 5.69 Å². The maximum Gasteiger partial charge on any atom is 0.122 e. The van der Waals surface area contributed by atoms with Gasteiger partial charge in [-0.3, -0.25) is 5.41 Å². The summed E-state index contributed by atoms with van der Waals surface area (Å²) in [5, 5.41) is 8.11. The van der Waals surface area contributed by atoms with Crippen molar-refractivity contribution in [2.24, 2.45) is 11.7 Å². The molecule has 1 saturated carbocycles. The van der Waals surface area contributed by atoms with E-state index in [9.17, 15) is 0 Å². The number of anilines is 1. The Balaban J connectivity index is 2.15. The molecule has 0 aliphatic heterocycles. The van der Waals surface area contributed by atoms with Gasteiger partial charge in [0.2, 0.25) is 0 Å². The number of nitrogens with one attached hydrogen (secondary N) is 1. The van der Waals surface area contributed by atoms with Crippen molar-refractivity contribution in [3.05, 3.63) is 28.8 Å². The summed E-state index contributed by atoms with van der Waals surface area (Å²) < 4.78 is 0. The Morgan fingerprint density at radius 3 is 2.47 bits per heavy atom. The van der Waals surface area contributed by atoms with E-state index in [2.05, 4.69) is 18.9 Å². The first-order valence-electron chi connectivity index (χ1n) is 6.86. The molecule has 1 aliphatic carbocycles. The van der Waals surface area contributed by atoms with Crippen LogP contribution in [0.1, 0.15) is 38.2 Å². The van der Waals surface area contributed by atoms with Crippen LogP contribution < -0.4 is 10.6 Å². The molecule has 0 radical (unpaired) electrons. The van der Waals surface area contributed by atoms with E-state index in [1.54, 1.807) is 6.07 Å². The van der Waals surface area contributed by atoms with Gasteiger partial charge in [0, 0.05) is 18.7 Å². The van der Waals surface area contributed by atoms with Gasteiger partial charge in [-0.25, -0.2) is 0 Å². The van der Waals surface area contributed by atoms with Crippen LogP contribution in [0.25, 0.3) is 0 Å². The average molecular weight is 280 g/mol. The van der Waals surface area contributed by atoms with Gasteiger partial charge in [0.05, 0.1) is 10.7 Å². The molecule has 2 rings (SSSR count). The van der Waals surface area contributed by atoms with E-state index in [-0.39, 0.29) is 5.84 Å². The van der Waals surface area contributed by atoms with Gasteiger partial charge in [0.15, 0.2) is 0 Å². The molecule has 0 bridgehead atoms. The van der Waals surface area contributed by atoms with Crippen molar-refractivity contribution in [2.75, 3.05) is 11.9 Å². The van der Waals surface area contributed by atoms with Crippen LogP contribution in [0.15, 0.2) is 18.2 Å². The lowest BCUT2D eigenvalue weighted by Crippen LogP contribution is -2.35. The van der Waals surface area contributed by atoms with Crippen molar-refractivity contribution in [3.63, 3.8) is 0 Å². The van der Waals surface area contributed by atoms with Gasteiger partial charge in [-0.1, -0.05) is 18.5 Å². The summed E-state index contributed by atoms with van der Waals surface area (Å²) >= 11 is 6.32. The Kier molecular flexibility index (Phi) is 4.35. The molecular weight excluding hydrogens is 258 g/mol. The third-order valence-corrected chi connectivity index (χ3v) is 4.47. The molecule has 1 fully saturated rings. The smallest absolute Gasteiger partial charge is 0.122 e. The highest BCUT2D eigenvalue weighted by Crippen LogP contribution is 2.33. The van der Waals surface area contributed by atoms with Gasteiger partial charge in [-0.2, -0.15) is 0 Å². The van der Waals surface area contributed by atoms with E-state index in [0.29, 0.717) is 16.6 Å². The lowest BCUT2D eigenvalue weighted by Gasteiger charge is -2.35. The maximum atomic E-state index is 7.43. The highest BCUT2D eigenvalue weighted by molar-refractivity contribution is 6.33. The molecule has 0 aromatic heterocycles. The fourth-order valence-corrected chi connectivity index (χ4v) is 3.10. The quantitative estimate of drug-likeness (QED) is 0.656. The Morgan fingerprint density at radius 2 is 1.95 bits per heavy atom. The molecule has 104 valence electrons. The number of halogens is 1. The molecule has 0 atom stereocenters. The number of amidine groups is 1. The molecule has 1 aromatic rings. The minimum atomic E-state index is 0.0580. The molecule has 0 amide bonds. The van der Waals surface area contributed by atoms with E-state index in [4.69, 9.17) is 22.7 Å². The second-order valence-corrected chi connectivity index (χ2v) is 6.01. The van der Waals surface area contributed by atoms with Crippen LogP contribution in [0.3, 0.4) is 0 Å². The van der Waals surface area contributed by atoms with Gasteiger partial charge in [0.1, 0.15) is 5.84 Å². The van der Waals surface area contributed by atoms with Crippen LogP contribution in [0, 0.1) is 11.3 Å². The molecule has 3 nitrogen and oxygen atoms in total. The van der Waals surface area contributed by atoms with Gasteiger partial charge in [-0.05, 0) is 49.8 Å². The fraction of sp³-hybridized carbons (Fsp3) is 0.533. The minimum Gasteiger partial charge on any atom is -0.384 e. The molecular formula is C15H22ClN3. The summed E-state index contributed by atoms with van der Waals surface area (Å²) in [6.45, 7) is 2.32. The number of nitrogen functional groups attached to an aromatic ring is 1. The van der Waals surface area contributed by atoms with Gasteiger partial charge in [0.25, 0.3) is 0 Å². The van der Waals surface area contributed by atoms with Crippen molar-refractivity contribution in [2.45, 2.75) is 38.6 Å². The Bertz CT molecular complexity index is 464. The lowest BCUT2D eigenvalue weighted by atomic mass is 9.86. The number of nitrogens with two attached hydrogens (primary N) is 1. The highest BCUT2D eigenvalue weighted by Gasteiger charge is 2.23. The second kappa shape index (κ2) is 5.83. The van der Waals surface area contributed by atoms with E-state index < -0.39 is 0 Å². The number of hydrogen-bond acceptors (Lipinski definition) is 2. The number of hydrogen-bond donors (Lipinski definition) is 2. The topological polar surface area (TPSA) is 53.1 Å². The zero-order chi connectivity index (χ0) is 14.0. The largest absolute Gasteiger partial charge is 0.384 e. The maximum absolute atomic E-state index is 7.43. The van der Waals surface area contributed by atoms with Gasteiger partial charge >= 0.3 is 0 Å². The minimum absolute atomic E-state index is 0.0580. The molecule has 1 aliphatic rings. The van der Waals surface area contributed by atoms with E-state index in [1.165, 1.54) is 25.7 Å². The highest BCUT2D eigenvalue weighted by atomic mass is 35.5. The summed E-state index contributed by atoms with van der Waals surface area (Å²) in [6, 6.07) is 6.18. The predicted octanol–water partition coefficient (Wildman–Crippen LogP) is 3.64. The molecule has 3 N–H and O–H groups in total. The van der Waals surface area contributed by atoms with E-state index in [0.717, 1.165) is 11.6 Å². The van der Waals surface area contributed by atoms with Crippen molar-refractivity contribution in [1.82, 2.24) is 0 Å². The monoisotopic (exact) mass is 279 g/mol. The standard InChI is InChI=1S/C15H22ClN3/c1-10-3-6-12(7-4-10)19(2)14-8-5-11(15(17)18)9-13(14)16/h5,8-10,12H,3-4,6-7H2,1-2H3,(H3,17,18). The summed E-state index contributed by atoms with van der Waals surface area (Å²) in [4.78, 5) is 2.28. The van der Waals surface area contributed by atoms with Gasteiger partial charge < -0.3 is 10.6 Å². The third-order valence-electron chi connectivity index (χ3n) is 4.17. The molecule has 0 spiro atoms. The van der Waals surface area contributed by atoms with Crippen LogP contribution in [0.2, 0.25) is 5.02 Å². The summed E-state index contributed by atoms with van der Waals surface area (Å²) in [5.41, 5.74) is 7.19. The normalized spacial score (nSPS) is 23.1. The van der Waals surface area contributed by atoms with Crippen LogP contribution in [-0.2, 0) is 0 Å². The SMILES string of the molecule is CC1CCC(N(C)c2ccc(C(=N)N)cc2Cl)CC1. The molecule has 0 heterocycles. The summed E-state index contributed by atoms with van der Waals surface area (Å²) in [5.74, 6) is 0.905. The second-order valence-electron chi connectivity index (χ2n) is 5.60. The van der Waals surface area contributed by atoms with Gasteiger partial charge in [-0.15, -0.1) is 0 Å². The fourth-order valence-electron chi connectivity index (χ4n) is 2.79. The lowest BCUT2D eigenvalue weighted by molar-refractivity contribution is 0.341. The number of benzene rings is 1. The first kappa shape index (κ1) is 14.2. The third kappa shape index (κ3) is 3.21. The van der Waals surface area contributed by atoms with Crippen molar-refractivity contribution >= 4 is 23.1 Å². The Hall–Kier alpha value is -1.22. The Morgan fingerprint density at radius 1 is 1.32 bits per heavy atom. The molecule has 19 heavy (non-hydrogen) atoms. The summed E-state index contributed by atoms with van der Waals surface area (Å²) in [6.07, 6.45) is 5.03. The predicted molar refractivity (Wildman–Crippen MR) is 82.3 cm³/mol. The number of rotatable bonds is 3. The molecule has 0 saturated heterocycles. The summed E-state index contributed by atoms with van der Waals surface area (Å²) in [7, 11) is 2.11. The average Bonchev–Trinajstić information content (AvgIpc) is 2.38. The molecule has 4 heteroatoms. The van der Waals surface area contributed by atoms with Crippen LogP contribution >= 0.6 is 11.6 Å². The first-order valence-corrected chi connectivity index (χ1v) is 7.23. The van der Waals surface area contributed by atoms with E-state index in [1.807, 2.05) is 12.1 Å². The first-order chi connectivity index (χ1) is 8.99. The molecule has 0 unspecified atom stereocenters. The van der Waals surface area contributed by atoms with Crippen LogP contribution in [-0.4, -0.2) is 18.9 Å². The van der Waals surface area contributed by atoms with Crippen LogP contribution in [0.5, 0.6) is 0 Å². The Labute approximate surface area is 120 Å². The zero-order valence-electron chi connectivity index (χ0n) is 11.6. The van der Waals surface area contributed by atoms with Crippen molar-refractivity contribution in [3.8, 4) is 0 Å².